The molecule has 9 heteroatoms. The number of nitrogens with zero attached hydrogens (tertiary/aromatic N) is 5. The molecule has 4 rings (SSSR count). The van der Waals surface area contributed by atoms with Crippen LogP contribution in [0.15, 0.2) is 48.9 Å². The van der Waals surface area contributed by atoms with Gasteiger partial charge in [-0.25, -0.2) is 9.48 Å². The average molecular weight is 407 g/mol. The van der Waals surface area contributed by atoms with Crippen LogP contribution in [0.5, 0.6) is 0 Å². The Labute approximate surface area is 174 Å². The number of likely N-dealkylation sites (tertiary alicyclic amines) is 1. The minimum Gasteiger partial charge on any atom is -0.349 e. The van der Waals surface area contributed by atoms with E-state index in [1.54, 1.807) is 35.2 Å². The van der Waals surface area contributed by atoms with E-state index in [9.17, 15) is 9.59 Å². The van der Waals surface area contributed by atoms with Gasteiger partial charge in [0.15, 0.2) is 0 Å². The van der Waals surface area contributed by atoms with E-state index in [1.165, 1.54) is 0 Å². The summed E-state index contributed by atoms with van der Waals surface area (Å²) >= 11 is 0. The summed E-state index contributed by atoms with van der Waals surface area (Å²) < 4.78 is 3.43. The van der Waals surface area contributed by atoms with Crippen molar-refractivity contribution in [2.24, 2.45) is 7.05 Å². The van der Waals surface area contributed by atoms with Gasteiger partial charge >= 0.3 is 6.03 Å². The van der Waals surface area contributed by atoms with Gasteiger partial charge in [-0.3, -0.25) is 9.48 Å². The van der Waals surface area contributed by atoms with Crippen LogP contribution in [0.3, 0.4) is 0 Å². The van der Waals surface area contributed by atoms with Gasteiger partial charge in [-0.1, -0.05) is 6.07 Å². The smallest absolute Gasteiger partial charge is 0.321 e. The fourth-order valence-electron chi connectivity index (χ4n) is 3.59. The molecular weight excluding hydrogens is 382 g/mol. The molecule has 30 heavy (non-hydrogen) atoms. The number of carbonyl (C=O) groups is 2. The van der Waals surface area contributed by atoms with E-state index in [2.05, 4.69) is 20.8 Å². The van der Waals surface area contributed by atoms with Crippen molar-refractivity contribution in [3.63, 3.8) is 0 Å². The molecule has 1 aromatic carbocycles. The third-order valence-corrected chi connectivity index (χ3v) is 5.26. The Bertz CT molecular complexity index is 1050. The summed E-state index contributed by atoms with van der Waals surface area (Å²) in [5.41, 5.74) is 3.19. The maximum atomic E-state index is 12.7. The van der Waals surface area contributed by atoms with E-state index < -0.39 is 0 Å². The first-order valence-electron chi connectivity index (χ1n) is 9.96. The molecular formula is C21H25N7O2. The molecule has 2 aromatic heterocycles. The summed E-state index contributed by atoms with van der Waals surface area (Å²) in [7, 11) is 1.78. The van der Waals surface area contributed by atoms with Crippen molar-refractivity contribution in [2.75, 3.05) is 18.4 Å². The maximum absolute atomic E-state index is 12.7. The van der Waals surface area contributed by atoms with Crippen molar-refractivity contribution >= 4 is 17.6 Å². The molecule has 156 valence electrons. The molecule has 0 bridgehead atoms. The second kappa shape index (κ2) is 8.40. The highest BCUT2D eigenvalue weighted by molar-refractivity contribution is 5.94. The Kier molecular flexibility index (Phi) is 5.51. The van der Waals surface area contributed by atoms with Crippen LogP contribution < -0.4 is 10.6 Å². The molecule has 9 nitrogen and oxygen atoms in total. The molecule has 0 spiro atoms. The minimum absolute atomic E-state index is 0.0490. The Hall–Kier alpha value is -3.62. The van der Waals surface area contributed by atoms with Gasteiger partial charge in [0.1, 0.15) is 0 Å². The quantitative estimate of drug-likeness (QED) is 0.694. The molecule has 3 heterocycles. The minimum atomic E-state index is -0.138. The van der Waals surface area contributed by atoms with E-state index in [4.69, 9.17) is 0 Å². The highest BCUT2D eigenvalue weighted by atomic mass is 16.2. The van der Waals surface area contributed by atoms with Crippen molar-refractivity contribution in [1.29, 1.82) is 0 Å². The lowest BCUT2D eigenvalue weighted by Gasteiger charge is -2.32. The van der Waals surface area contributed by atoms with Crippen LogP contribution in [0.4, 0.5) is 10.5 Å². The lowest BCUT2D eigenvalue weighted by molar-refractivity contribution is 0.0919. The van der Waals surface area contributed by atoms with Crippen LogP contribution in [-0.2, 0) is 7.05 Å². The van der Waals surface area contributed by atoms with Gasteiger partial charge < -0.3 is 15.5 Å². The summed E-state index contributed by atoms with van der Waals surface area (Å²) in [5, 5.41) is 14.3. The van der Waals surface area contributed by atoms with Crippen LogP contribution in [0.25, 0.3) is 5.69 Å². The molecule has 1 saturated heterocycles. The van der Waals surface area contributed by atoms with Crippen molar-refractivity contribution in [2.45, 2.75) is 25.8 Å². The van der Waals surface area contributed by atoms with Crippen molar-refractivity contribution in [3.8, 4) is 5.69 Å². The van der Waals surface area contributed by atoms with E-state index in [0.29, 0.717) is 31.5 Å². The fourth-order valence-corrected chi connectivity index (χ4v) is 3.59. The molecule has 0 unspecified atom stereocenters. The molecule has 3 amide bonds. The molecule has 0 aliphatic carbocycles. The molecule has 0 saturated carbocycles. The maximum Gasteiger partial charge on any atom is 0.321 e. The lowest BCUT2D eigenvalue weighted by Crippen LogP contribution is -2.47. The highest BCUT2D eigenvalue weighted by Gasteiger charge is 2.24. The van der Waals surface area contributed by atoms with Gasteiger partial charge in [-0.2, -0.15) is 10.2 Å². The Morgan fingerprint density at radius 2 is 1.93 bits per heavy atom. The first-order valence-corrected chi connectivity index (χ1v) is 9.96. The number of piperidine rings is 1. The number of aryl methyl sites for hydroxylation is 2. The summed E-state index contributed by atoms with van der Waals surface area (Å²) in [6.07, 6.45) is 6.42. The lowest BCUT2D eigenvalue weighted by atomic mass is 10.0. The number of carbonyl (C=O) groups excluding carboxylic acids is 2. The van der Waals surface area contributed by atoms with Crippen LogP contribution in [0.1, 0.15) is 28.9 Å². The number of aromatic nitrogens is 4. The largest absolute Gasteiger partial charge is 0.349 e. The fraction of sp³-hybridized carbons (Fsp3) is 0.333. The van der Waals surface area contributed by atoms with Crippen LogP contribution in [-0.4, -0.2) is 55.5 Å². The first-order chi connectivity index (χ1) is 14.5. The summed E-state index contributed by atoms with van der Waals surface area (Å²) in [6, 6.07) is 9.45. The van der Waals surface area contributed by atoms with Gasteiger partial charge in [-0.15, -0.1) is 0 Å². The average Bonchev–Trinajstić information content (AvgIpc) is 3.37. The first kappa shape index (κ1) is 19.7. The zero-order valence-corrected chi connectivity index (χ0v) is 17.1. The highest BCUT2D eigenvalue weighted by Crippen LogP contribution is 2.18. The number of rotatable bonds is 4. The van der Waals surface area contributed by atoms with Gasteiger partial charge in [0.25, 0.3) is 5.91 Å². The van der Waals surface area contributed by atoms with Gasteiger partial charge in [0.2, 0.25) is 0 Å². The molecule has 1 aliphatic heterocycles. The zero-order chi connectivity index (χ0) is 21.1. The topological polar surface area (TPSA) is 97.1 Å². The number of hydrogen-bond acceptors (Lipinski definition) is 4. The predicted molar refractivity (Wildman–Crippen MR) is 113 cm³/mol. The van der Waals surface area contributed by atoms with Crippen molar-refractivity contribution in [1.82, 2.24) is 29.8 Å². The Balaban J connectivity index is 1.30. The third kappa shape index (κ3) is 4.35. The van der Waals surface area contributed by atoms with Gasteiger partial charge in [0, 0.05) is 50.0 Å². The molecule has 0 atom stereocenters. The van der Waals surface area contributed by atoms with Gasteiger partial charge in [0.05, 0.1) is 17.4 Å². The van der Waals surface area contributed by atoms with Crippen molar-refractivity contribution in [3.05, 3.63) is 60.2 Å². The molecule has 3 aromatic rings. The standard InChI is InChI=1S/C21H25N7O2/c1-15-6-9-22-28(15)19-5-3-4-18(12-19)25-21(30)27-10-7-17(8-11-27)24-20(29)16-13-23-26(2)14-16/h3-6,9,12-14,17H,7-8,10-11H2,1-2H3,(H,24,29)(H,25,30). The number of anilines is 1. The van der Waals surface area contributed by atoms with Crippen molar-refractivity contribution < 1.29 is 9.59 Å². The summed E-state index contributed by atoms with van der Waals surface area (Å²) in [5.74, 6) is -0.128. The zero-order valence-electron chi connectivity index (χ0n) is 17.1. The number of hydrogen-bond donors (Lipinski definition) is 2. The second-order valence-electron chi connectivity index (χ2n) is 7.50. The molecule has 1 fully saturated rings. The third-order valence-electron chi connectivity index (χ3n) is 5.26. The van der Waals surface area contributed by atoms with Crippen LogP contribution in [0.2, 0.25) is 0 Å². The second-order valence-corrected chi connectivity index (χ2v) is 7.50. The summed E-state index contributed by atoms with van der Waals surface area (Å²) in [4.78, 5) is 26.7. The van der Waals surface area contributed by atoms with E-state index in [1.807, 2.05) is 41.9 Å². The monoisotopic (exact) mass is 407 g/mol. The Morgan fingerprint density at radius 3 is 2.60 bits per heavy atom. The normalized spacial score (nSPS) is 14.5. The summed E-state index contributed by atoms with van der Waals surface area (Å²) in [6.45, 7) is 3.15. The van der Waals surface area contributed by atoms with Gasteiger partial charge in [-0.05, 0) is 44.0 Å². The molecule has 1 aliphatic rings. The van der Waals surface area contributed by atoms with E-state index in [-0.39, 0.29) is 18.0 Å². The number of amides is 3. The predicted octanol–water partition coefficient (Wildman–Crippen LogP) is 2.34. The number of nitrogens with one attached hydrogen (secondary N) is 2. The van der Waals surface area contributed by atoms with E-state index in [0.717, 1.165) is 17.1 Å². The van der Waals surface area contributed by atoms with E-state index >= 15 is 0 Å². The number of benzene rings is 1. The SMILES string of the molecule is Cc1ccnn1-c1cccc(NC(=O)N2CCC(NC(=O)c3cnn(C)c3)CC2)c1. The Morgan fingerprint density at radius 1 is 1.13 bits per heavy atom. The molecule has 2 N–H and O–H groups in total. The van der Waals surface area contributed by atoms with Crippen LogP contribution in [0, 0.1) is 6.92 Å². The van der Waals surface area contributed by atoms with Crippen LogP contribution >= 0.6 is 0 Å². The molecule has 0 radical (unpaired) electrons. The number of urea groups is 1.